The number of carbonyl (C=O) groups excluding carboxylic acids is 1. The Hall–Kier alpha value is -2.29. The van der Waals surface area contributed by atoms with Gasteiger partial charge >= 0.3 is 0 Å². The highest BCUT2D eigenvalue weighted by molar-refractivity contribution is 5.72. The molecular weight excluding hydrogens is 276 g/mol. The van der Waals surface area contributed by atoms with Gasteiger partial charge in [0.25, 0.3) is 0 Å². The Bertz CT molecular complexity index is 544. The van der Waals surface area contributed by atoms with Crippen LogP contribution in [0.4, 0.5) is 0 Å². The molecule has 3 nitrogen and oxygen atoms in total. The van der Waals surface area contributed by atoms with E-state index in [1.165, 1.54) is 19.4 Å². The van der Waals surface area contributed by atoms with Crippen LogP contribution in [-0.4, -0.2) is 16.0 Å². The third-order valence-electron chi connectivity index (χ3n) is 2.74. The number of para-hydroxylation sites is 1. The maximum absolute atomic E-state index is 9.44. The van der Waals surface area contributed by atoms with Crippen molar-refractivity contribution in [3.05, 3.63) is 59.7 Å². The molecule has 0 aliphatic rings. The Morgan fingerprint density at radius 3 is 1.73 bits per heavy atom. The van der Waals surface area contributed by atoms with Crippen molar-refractivity contribution in [1.29, 1.82) is 0 Å². The number of phenolic OH excluding ortho intramolecular Hbond substituents is 2. The molecule has 22 heavy (non-hydrogen) atoms. The molecule has 0 bridgehead atoms. The molecule has 2 aromatic carbocycles. The van der Waals surface area contributed by atoms with E-state index < -0.39 is 0 Å². The fourth-order valence-electron chi connectivity index (χ4n) is 1.79. The first-order valence-electron chi connectivity index (χ1n) is 7.43. The number of hydrogen-bond donors (Lipinski definition) is 2. The highest BCUT2D eigenvalue weighted by atomic mass is 16.3. The van der Waals surface area contributed by atoms with Crippen molar-refractivity contribution in [2.24, 2.45) is 0 Å². The molecule has 2 aromatic rings. The number of Topliss-reactive ketones (excluding diaryl/α,β-unsaturated/α-hetero) is 1. The van der Waals surface area contributed by atoms with Crippen molar-refractivity contribution in [3.8, 4) is 11.5 Å². The van der Waals surface area contributed by atoms with Crippen LogP contribution in [0.2, 0.25) is 0 Å². The van der Waals surface area contributed by atoms with Crippen molar-refractivity contribution in [2.75, 3.05) is 0 Å². The van der Waals surface area contributed by atoms with Crippen LogP contribution in [-0.2, 0) is 17.6 Å². The van der Waals surface area contributed by atoms with Crippen LogP contribution in [0.1, 0.15) is 38.8 Å². The van der Waals surface area contributed by atoms with Gasteiger partial charge in [0.2, 0.25) is 0 Å². The van der Waals surface area contributed by atoms with Crippen LogP contribution in [0.3, 0.4) is 0 Å². The first-order valence-corrected chi connectivity index (χ1v) is 7.43. The molecule has 0 saturated heterocycles. The molecule has 0 radical (unpaired) electrons. The second-order valence-corrected chi connectivity index (χ2v) is 4.87. The van der Waals surface area contributed by atoms with E-state index in [2.05, 4.69) is 19.9 Å². The summed E-state index contributed by atoms with van der Waals surface area (Å²) in [6.07, 6.45) is 1.91. The third kappa shape index (κ3) is 8.80. The van der Waals surface area contributed by atoms with Gasteiger partial charge in [-0.1, -0.05) is 44.2 Å². The second-order valence-electron chi connectivity index (χ2n) is 4.87. The van der Waals surface area contributed by atoms with Gasteiger partial charge in [0.15, 0.2) is 0 Å². The minimum atomic E-state index is 0.167. The maximum atomic E-state index is 9.44. The zero-order valence-corrected chi connectivity index (χ0v) is 13.8. The summed E-state index contributed by atoms with van der Waals surface area (Å²) in [7, 11) is 0. The van der Waals surface area contributed by atoms with Gasteiger partial charge in [-0.15, -0.1) is 0 Å². The Kier molecular flexibility index (Phi) is 10.2. The normalized spacial score (nSPS) is 8.91. The van der Waals surface area contributed by atoms with E-state index in [1.807, 2.05) is 12.1 Å². The lowest BCUT2D eigenvalue weighted by molar-refractivity contribution is -0.114. The van der Waals surface area contributed by atoms with Gasteiger partial charge in [-0.2, -0.15) is 0 Å². The summed E-state index contributed by atoms with van der Waals surface area (Å²) >= 11 is 0. The summed E-state index contributed by atoms with van der Waals surface area (Å²) in [5.74, 6) is 0.925. The van der Waals surface area contributed by atoms with E-state index in [4.69, 9.17) is 5.11 Å². The number of benzene rings is 2. The first-order chi connectivity index (χ1) is 10.4. The minimum absolute atomic E-state index is 0.167. The largest absolute Gasteiger partial charge is 0.508 e. The van der Waals surface area contributed by atoms with E-state index >= 15 is 0 Å². The molecule has 120 valence electrons. The van der Waals surface area contributed by atoms with Crippen molar-refractivity contribution < 1.29 is 15.0 Å². The number of hydrogen-bond acceptors (Lipinski definition) is 3. The summed E-state index contributed by atoms with van der Waals surface area (Å²) < 4.78 is 0. The molecule has 0 aliphatic carbocycles. The van der Waals surface area contributed by atoms with Crippen LogP contribution in [0.25, 0.3) is 0 Å². The van der Waals surface area contributed by atoms with Gasteiger partial charge in [-0.25, -0.2) is 0 Å². The number of carbonyl (C=O) groups is 1. The van der Waals surface area contributed by atoms with E-state index in [9.17, 15) is 9.90 Å². The fourth-order valence-corrected chi connectivity index (χ4v) is 1.79. The molecule has 0 saturated carbocycles. The lowest BCUT2D eigenvalue weighted by Crippen LogP contribution is -1.90. The van der Waals surface area contributed by atoms with Gasteiger partial charge in [-0.3, -0.25) is 0 Å². The molecule has 0 spiro atoms. The lowest BCUT2D eigenvalue weighted by atomic mass is 10.0. The fraction of sp³-hybridized carbons (Fsp3) is 0.316. The Morgan fingerprint density at radius 2 is 1.41 bits per heavy atom. The van der Waals surface area contributed by atoms with E-state index in [-0.39, 0.29) is 5.78 Å². The van der Waals surface area contributed by atoms with E-state index in [0.717, 1.165) is 18.4 Å². The average Bonchev–Trinajstić information content (AvgIpc) is 2.47. The number of rotatable bonds is 2. The summed E-state index contributed by atoms with van der Waals surface area (Å²) in [5, 5.41) is 18.1. The maximum Gasteiger partial charge on any atom is 0.126 e. The first kappa shape index (κ1) is 19.7. The summed E-state index contributed by atoms with van der Waals surface area (Å²) in [4.78, 5) is 9.44. The van der Waals surface area contributed by atoms with Gasteiger partial charge in [-0.05, 0) is 56.0 Å². The van der Waals surface area contributed by atoms with Crippen LogP contribution in [0, 0.1) is 0 Å². The Labute approximate surface area is 133 Å². The number of phenols is 2. The quantitative estimate of drug-likeness (QED) is 0.858. The molecule has 0 unspecified atom stereocenters. The second kappa shape index (κ2) is 11.4. The molecule has 0 fully saturated rings. The smallest absolute Gasteiger partial charge is 0.126 e. The monoisotopic (exact) mass is 302 g/mol. The minimum Gasteiger partial charge on any atom is -0.508 e. The van der Waals surface area contributed by atoms with Crippen molar-refractivity contribution in [1.82, 2.24) is 0 Å². The van der Waals surface area contributed by atoms with E-state index in [1.54, 1.807) is 30.3 Å². The third-order valence-corrected chi connectivity index (χ3v) is 2.74. The molecule has 0 atom stereocenters. The standard InChI is InChI=1S/C10H14O.C6H6O.C3H6O/c1-3-8-6-5-7-10(11)9(8)4-2;7-6-4-2-1-3-5-6;1-3(2)4/h5-7,11H,3-4H2,1-2H3;1-5,7H;1-2H3. The van der Waals surface area contributed by atoms with Gasteiger partial charge < -0.3 is 15.0 Å². The highest BCUT2D eigenvalue weighted by Crippen LogP contribution is 2.21. The molecule has 3 heteroatoms. The molecule has 0 aromatic heterocycles. The van der Waals surface area contributed by atoms with Crippen molar-refractivity contribution in [2.45, 2.75) is 40.5 Å². The molecule has 0 heterocycles. The topological polar surface area (TPSA) is 57.5 Å². The molecular formula is C19H26O3. The highest BCUT2D eigenvalue weighted by Gasteiger charge is 2.02. The molecule has 0 aliphatic heterocycles. The van der Waals surface area contributed by atoms with Crippen LogP contribution in [0.15, 0.2) is 48.5 Å². The lowest BCUT2D eigenvalue weighted by Gasteiger charge is -2.06. The molecule has 2 rings (SSSR count). The average molecular weight is 302 g/mol. The Morgan fingerprint density at radius 1 is 0.864 bits per heavy atom. The summed E-state index contributed by atoms with van der Waals surface area (Å²) in [6.45, 7) is 7.22. The number of aryl methyl sites for hydroxylation is 1. The van der Waals surface area contributed by atoms with Crippen molar-refractivity contribution >= 4 is 5.78 Å². The van der Waals surface area contributed by atoms with Crippen LogP contribution >= 0.6 is 0 Å². The zero-order chi connectivity index (χ0) is 17.0. The SMILES string of the molecule is CC(C)=O.CCc1cccc(O)c1CC.Oc1ccccc1. The van der Waals surface area contributed by atoms with E-state index in [0.29, 0.717) is 11.5 Å². The predicted molar refractivity (Wildman–Crippen MR) is 91.3 cm³/mol. The van der Waals surface area contributed by atoms with Crippen molar-refractivity contribution in [3.63, 3.8) is 0 Å². The predicted octanol–water partition coefficient (Wildman–Crippen LogP) is 4.50. The van der Waals surface area contributed by atoms with Gasteiger partial charge in [0, 0.05) is 0 Å². The molecule has 0 amide bonds. The molecule has 2 N–H and O–H groups in total. The van der Waals surface area contributed by atoms with Crippen LogP contribution in [0.5, 0.6) is 11.5 Å². The zero-order valence-electron chi connectivity index (χ0n) is 13.8. The van der Waals surface area contributed by atoms with Crippen LogP contribution < -0.4 is 0 Å². The number of ketones is 1. The summed E-state index contributed by atoms with van der Waals surface area (Å²) in [5.41, 5.74) is 2.35. The Balaban J connectivity index is 0.000000343. The number of aromatic hydroxyl groups is 2. The summed E-state index contributed by atoms with van der Waals surface area (Å²) in [6, 6.07) is 14.4. The van der Waals surface area contributed by atoms with Gasteiger partial charge in [0.1, 0.15) is 17.3 Å². The van der Waals surface area contributed by atoms with Gasteiger partial charge in [0.05, 0.1) is 0 Å².